The van der Waals surface area contributed by atoms with Gasteiger partial charge in [-0.2, -0.15) is 0 Å². The minimum Gasteiger partial charge on any atom is -0.270 e. The lowest BCUT2D eigenvalue weighted by atomic mass is 10.1. The quantitative estimate of drug-likeness (QED) is 0.605. The van der Waals surface area contributed by atoms with E-state index in [9.17, 15) is 18.5 Å². The molecule has 0 aliphatic carbocycles. The van der Waals surface area contributed by atoms with Crippen molar-refractivity contribution < 1.29 is 13.3 Å². The molecule has 0 unspecified atom stereocenters. The van der Waals surface area contributed by atoms with Crippen LogP contribution in [0.4, 0.5) is 11.4 Å². The molecule has 7 heteroatoms. The van der Waals surface area contributed by atoms with Gasteiger partial charge in [0.05, 0.1) is 16.9 Å². The molecule has 98 valence electrons. The molecule has 6 nitrogen and oxygen atoms in total. The van der Waals surface area contributed by atoms with Gasteiger partial charge in [-0.3, -0.25) is 14.4 Å². The number of nitro benzene ring substituents is 1. The predicted octanol–water partition coefficient (Wildman–Crippen LogP) is 1.70. The van der Waals surface area contributed by atoms with Gasteiger partial charge in [-0.05, 0) is 30.9 Å². The second kappa shape index (κ2) is 4.56. The summed E-state index contributed by atoms with van der Waals surface area (Å²) in [6, 6.07) is 4.35. The van der Waals surface area contributed by atoms with Crippen LogP contribution in [0.3, 0.4) is 0 Å². The molecule has 1 aromatic rings. The average Bonchev–Trinajstić information content (AvgIpc) is 2.48. The first-order chi connectivity index (χ1) is 8.39. The zero-order valence-corrected chi connectivity index (χ0v) is 10.8. The summed E-state index contributed by atoms with van der Waals surface area (Å²) in [5.74, 6) is 0. The smallest absolute Gasteiger partial charge is 0.269 e. The number of non-ortho nitro benzene ring substituents is 1. The summed E-state index contributed by atoms with van der Waals surface area (Å²) in [6.07, 6.45) is 3.42. The molecular formula is C11H14N2O4S. The molecule has 0 saturated heterocycles. The number of nitro groups is 1. The molecule has 0 aromatic heterocycles. The third-order valence-electron chi connectivity index (χ3n) is 3.00. The fourth-order valence-electron chi connectivity index (χ4n) is 2.16. The van der Waals surface area contributed by atoms with Crippen LogP contribution >= 0.6 is 0 Å². The number of fused-ring (bicyclic) bond motifs is 1. The van der Waals surface area contributed by atoms with Crippen molar-refractivity contribution in [2.24, 2.45) is 0 Å². The van der Waals surface area contributed by atoms with Gasteiger partial charge in [-0.15, -0.1) is 0 Å². The summed E-state index contributed by atoms with van der Waals surface area (Å²) in [5.41, 5.74) is 1.30. The fraction of sp³-hybridized carbons (Fsp3) is 0.455. The normalized spacial score (nSPS) is 15.9. The molecule has 0 radical (unpaired) electrons. The van der Waals surface area contributed by atoms with E-state index in [4.69, 9.17) is 0 Å². The van der Waals surface area contributed by atoms with E-state index >= 15 is 0 Å². The number of anilines is 1. The highest BCUT2D eigenvalue weighted by Crippen LogP contribution is 2.31. The van der Waals surface area contributed by atoms with Crippen LogP contribution in [-0.4, -0.2) is 26.1 Å². The predicted molar refractivity (Wildman–Crippen MR) is 68.2 cm³/mol. The number of nitrogens with zero attached hydrogens (tertiary/aromatic N) is 2. The van der Waals surface area contributed by atoms with Crippen molar-refractivity contribution in [2.45, 2.75) is 19.3 Å². The Balaban J connectivity index is 2.53. The van der Waals surface area contributed by atoms with E-state index in [0.717, 1.165) is 24.7 Å². The summed E-state index contributed by atoms with van der Waals surface area (Å²) in [6.45, 7) is 0.434. The summed E-state index contributed by atoms with van der Waals surface area (Å²) < 4.78 is 24.8. The van der Waals surface area contributed by atoms with E-state index in [1.165, 1.54) is 22.5 Å². The van der Waals surface area contributed by atoms with Crippen molar-refractivity contribution in [3.8, 4) is 0 Å². The van der Waals surface area contributed by atoms with E-state index in [-0.39, 0.29) is 5.69 Å². The van der Waals surface area contributed by atoms with Crippen LogP contribution in [-0.2, 0) is 16.4 Å². The zero-order valence-electron chi connectivity index (χ0n) is 10.00. The highest BCUT2D eigenvalue weighted by molar-refractivity contribution is 7.92. The Morgan fingerprint density at radius 1 is 1.33 bits per heavy atom. The first-order valence-corrected chi connectivity index (χ1v) is 7.49. The molecule has 0 atom stereocenters. The molecule has 2 rings (SSSR count). The van der Waals surface area contributed by atoms with Gasteiger partial charge in [0.2, 0.25) is 10.0 Å². The molecule has 0 bridgehead atoms. The topological polar surface area (TPSA) is 80.5 Å². The number of benzene rings is 1. The van der Waals surface area contributed by atoms with Crippen LogP contribution in [0.25, 0.3) is 0 Å². The molecule has 0 N–H and O–H groups in total. The summed E-state index contributed by atoms with van der Waals surface area (Å²) in [7, 11) is -3.33. The fourth-order valence-corrected chi connectivity index (χ4v) is 3.16. The van der Waals surface area contributed by atoms with Gasteiger partial charge >= 0.3 is 0 Å². The lowest BCUT2D eigenvalue weighted by Gasteiger charge is -2.22. The van der Waals surface area contributed by atoms with Crippen molar-refractivity contribution in [3.63, 3.8) is 0 Å². The largest absolute Gasteiger partial charge is 0.270 e. The molecule has 18 heavy (non-hydrogen) atoms. The van der Waals surface area contributed by atoms with Crippen molar-refractivity contribution in [1.82, 2.24) is 0 Å². The lowest BCUT2D eigenvalue weighted by Crippen LogP contribution is -2.30. The van der Waals surface area contributed by atoms with Gasteiger partial charge in [0, 0.05) is 18.7 Å². The van der Waals surface area contributed by atoms with Crippen molar-refractivity contribution in [1.29, 1.82) is 0 Å². The molecule has 1 heterocycles. The van der Waals surface area contributed by atoms with Crippen molar-refractivity contribution in [2.75, 3.05) is 17.1 Å². The Morgan fingerprint density at radius 3 is 2.67 bits per heavy atom. The van der Waals surface area contributed by atoms with E-state index in [0.29, 0.717) is 18.7 Å². The van der Waals surface area contributed by atoms with Crippen molar-refractivity contribution >= 4 is 21.4 Å². The third-order valence-corrected chi connectivity index (χ3v) is 4.18. The molecule has 0 saturated carbocycles. The van der Waals surface area contributed by atoms with Crippen LogP contribution < -0.4 is 4.31 Å². The Labute approximate surface area is 105 Å². The molecule has 0 fully saturated rings. The SMILES string of the molecule is CS(=O)(=O)N1CCCCc2cc([N+](=O)[O-])ccc21. The second-order valence-electron chi connectivity index (χ2n) is 4.36. The van der Waals surface area contributed by atoms with Gasteiger partial charge in [0.1, 0.15) is 0 Å². The van der Waals surface area contributed by atoms with Gasteiger partial charge < -0.3 is 0 Å². The Bertz CT molecular complexity index is 583. The van der Waals surface area contributed by atoms with Crippen LogP contribution in [0.5, 0.6) is 0 Å². The molecule has 1 aromatic carbocycles. The molecular weight excluding hydrogens is 256 g/mol. The highest BCUT2D eigenvalue weighted by Gasteiger charge is 2.24. The highest BCUT2D eigenvalue weighted by atomic mass is 32.2. The van der Waals surface area contributed by atoms with Gasteiger partial charge in [0.25, 0.3) is 5.69 Å². The standard InChI is InChI=1S/C11H14N2O4S/c1-18(16,17)12-7-3-2-4-9-8-10(13(14)15)5-6-11(9)12/h5-6,8H,2-4,7H2,1H3. The number of sulfonamides is 1. The molecule has 1 aliphatic rings. The average molecular weight is 270 g/mol. The number of hydrogen-bond donors (Lipinski definition) is 0. The second-order valence-corrected chi connectivity index (χ2v) is 6.27. The number of rotatable bonds is 2. The van der Waals surface area contributed by atoms with Crippen LogP contribution in [0, 0.1) is 10.1 Å². The maximum absolute atomic E-state index is 11.7. The maximum atomic E-state index is 11.7. The number of hydrogen-bond acceptors (Lipinski definition) is 4. The molecule has 1 aliphatic heterocycles. The Kier molecular flexibility index (Phi) is 3.25. The Morgan fingerprint density at radius 2 is 2.06 bits per heavy atom. The third kappa shape index (κ3) is 2.45. The van der Waals surface area contributed by atoms with Gasteiger partial charge in [-0.25, -0.2) is 8.42 Å². The first-order valence-electron chi connectivity index (χ1n) is 5.64. The lowest BCUT2D eigenvalue weighted by molar-refractivity contribution is -0.384. The van der Waals surface area contributed by atoms with Crippen LogP contribution in [0.2, 0.25) is 0 Å². The van der Waals surface area contributed by atoms with Gasteiger partial charge in [-0.1, -0.05) is 0 Å². The molecule has 0 spiro atoms. The maximum Gasteiger partial charge on any atom is 0.269 e. The minimum absolute atomic E-state index is 0.00380. The van der Waals surface area contributed by atoms with E-state index in [1.54, 1.807) is 0 Å². The zero-order chi connectivity index (χ0) is 13.3. The van der Waals surface area contributed by atoms with Crippen molar-refractivity contribution in [3.05, 3.63) is 33.9 Å². The van der Waals surface area contributed by atoms with Crippen LogP contribution in [0.15, 0.2) is 18.2 Å². The van der Waals surface area contributed by atoms with Crippen LogP contribution in [0.1, 0.15) is 18.4 Å². The first kappa shape index (κ1) is 12.8. The van der Waals surface area contributed by atoms with E-state index in [2.05, 4.69) is 0 Å². The monoisotopic (exact) mass is 270 g/mol. The van der Waals surface area contributed by atoms with E-state index in [1.807, 2.05) is 0 Å². The Hall–Kier alpha value is -1.63. The summed E-state index contributed by atoms with van der Waals surface area (Å²) in [4.78, 5) is 10.3. The summed E-state index contributed by atoms with van der Waals surface area (Å²) in [5, 5.41) is 10.7. The van der Waals surface area contributed by atoms with Gasteiger partial charge in [0.15, 0.2) is 0 Å². The summed E-state index contributed by atoms with van der Waals surface area (Å²) >= 11 is 0. The number of aryl methyl sites for hydroxylation is 1. The minimum atomic E-state index is -3.33. The molecule has 0 amide bonds. The van der Waals surface area contributed by atoms with E-state index < -0.39 is 14.9 Å².